The maximum atomic E-state index is 12.2. The van der Waals surface area contributed by atoms with Gasteiger partial charge in [0.2, 0.25) is 0 Å². The van der Waals surface area contributed by atoms with Crippen LogP contribution in [-0.2, 0) is 9.47 Å². The Kier molecular flexibility index (Phi) is 4.93. The van der Waals surface area contributed by atoms with Crippen molar-refractivity contribution in [2.45, 2.75) is 12.2 Å². The summed E-state index contributed by atoms with van der Waals surface area (Å²) in [6, 6.07) is 7.03. The molecule has 0 bridgehead atoms. The topological polar surface area (TPSA) is 38.8 Å². The van der Waals surface area contributed by atoms with Crippen molar-refractivity contribution in [3.8, 4) is 0 Å². The van der Waals surface area contributed by atoms with Crippen LogP contribution in [0.5, 0.6) is 0 Å². The van der Waals surface area contributed by atoms with E-state index in [1.54, 1.807) is 38.5 Å². The second-order valence-corrected chi connectivity index (χ2v) is 5.11. The molecule has 0 amide bonds. The first-order valence-corrected chi connectivity index (χ1v) is 6.58. The maximum Gasteiger partial charge on any atom is 0.176 e. The number of ketones is 1. The van der Waals surface area contributed by atoms with Crippen LogP contribution in [0.15, 0.2) is 24.3 Å². The fourth-order valence-corrected chi connectivity index (χ4v) is 2.55. The van der Waals surface area contributed by atoms with Crippen LogP contribution in [0.3, 0.4) is 0 Å². The molecule has 1 heterocycles. The predicted molar refractivity (Wildman–Crippen MR) is 73.8 cm³/mol. The number of hydrogen-bond donors (Lipinski definition) is 0. The number of benzene rings is 1. The average molecular weight is 284 g/mol. The molecule has 0 N–H and O–H groups in total. The third-order valence-electron chi connectivity index (χ3n) is 3.41. The van der Waals surface area contributed by atoms with Crippen molar-refractivity contribution in [3.05, 3.63) is 34.9 Å². The van der Waals surface area contributed by atoms with Crippen LogP contribution in [0.1, 0.15) is 10.4 Å². The van der Waals surface area contributed by atoms with Crippen LogP contribution in [0.2, 0.25) is 5.02 Å². The molecule has 0 aliphatic carbocycles. The molecule has 4 nitrogen and oxygen atoms in total. The molecule has 5 heteroatoms. The summed E-state index contributed by atoms with van der Waals surface area (Å²) in [6.07, 6.45) is 0.0503. The monoisotopic (exact) mass is 283 g/mol. The van der Waals surface area contributed by atoms with E-state index >= 15 is 0 Å². The maximum absolute atomic E-state index is 12.2. The van der Waals surface area contributed by atoms with E-state index in [9.17, 15) is 4.79 Å². The number of methoxy groups -OCH3 is 2. The van der Waals surface area contributed by atoms with Gasteiger partial charge in [-0.25, -0.2) is 0 Å². The minimum absolute atomic E-state index is 0.0251. The first-order chi connectivity index (χ1) is 9.13. The summed E-state index contributed by atoms with van der Waals surface area (Å²) < 4.78 is 10.7. The third-order valence-corrected chi connectivity index (χ3v) is 3.65. The number of ether oxygens (including phenoxy) is 2. The Morgan fingerprint density at radius 2 is 1.95 bits per heavy atom. The van der Waals surface area contributed by atoms with Gasteiger partial charge in [0.05, 0.1) is 18.8 Å². The van der Waals surface area contributed by atoms with Gasteiger partial charge in [-0.2, -0.15) is 0 Å². The lowest BCUT2D eigenvalue weighted by Gasteiger charge is -2.14. The van der Waals surface area contributed by atoms with E-state index in [1.807, 2.05) is 4.90 Å². The van der Waals surface area contributed by atoms with Crippen LogP contribution >= 0.6 is 11.6 Å². The molecule has 104 valence electrons. The summed E-state index contributed by atoms with van der Waals surface area (Å²) in [5.41, 5.74) is 0.641. The summed E-state index contributed by atoms with van der Waals surface area (Å²) in [5.74, 6) is 0.0640. The standard InChI is InChI=1S/C14H18ClNO3/c1-18-13-8-16(9-14(13)19-2)7-12(17)10-4-3-5-11(15)6-10/h3-6,13-14H,7-9H2,1-2H3. The van der Waals surface area contributed by atoms with Gasteiger partial charge in [-0.3, -0.25) is 9.69 Å². The van der Waals surface area contributed by atoms with E-state index in [-0.39, 0.29) is 18.0 Å². The Hall–Kier alpha value is -0.940. The number of carbonyl (C=O) groups is 1. The van der Waals surface area contributed by atoms with Gasteiger partial charge in [-0.05, 0) is 12.1 Å². The zero-order valence-corrected chi connectivity index (χ0v) is 11.9. The lowest BCUT2D eigenvalue weighted by atomic mass is 10.1. The summed E-state index contributed by atoms with van der Waals surface area (Å²) in [6.45, 7) is 1.78. The smallest absolute Gasteiger partial charge is 0.176 e. The molecule has 0 spiro atoms. The first-order valence-electron chi connectivity index (χ1n) is 6.20. The Morgan fingerprint density at radius 1 is 1.32 bits per heavy atom. The summed E-state index contributed by atoms with van der Waals surface area (Å²) in [7, 11) is 3.33. The molecule has 1 aliphatic rings. The molecule has 1 aromatic carbocycles. The Labute approximate surface area is 118 Å². The molecular formula is C14H18ClNO3. The number of halogens is 1. The second-order valence-electron chi connectivity index (χ2n) is 4.68. The van der Waals surface area contributed by atoms with Crippen LogP contribution in [0.25, 0.3) is 0 Å². The second kappa shape index (κ2) is 6.48. The molecular weight excluding hydrogens is 266 g/mol. The molecule has 0 saturated carbocycles. The highest BCUT2D eigenvalue weighted by molar-refractivity contribution is 6.31. The molecule has 1 aliphatic heterocycles. The highest BCUT2D eigenvalue weighted by atomic mass is 35.5. The normalized spacial score (nSPS) is 23.7. The van der Waals surface area contributed by atoms with Crippen molar-refractivity contribution >= 4 is 17.4 Å². The largest absolute Gasteiger partial charge is 0.377 e. The highest BCUT2D eigenvalue weighted by Gasteiger charge is 2.33. The van der Waals surface area contributed by atoms with Crippen molar-refractivity contribution in [3.63, 3.8) is 0 Å². The van der Waals surface area contributed by atoms with Crippen LogP contribution in [0, 0.1) is 0 Å². The molecule has 1 fully saturated rings. The minimum Gasteiger partial charge on any atom is -0.377 e. The van der Waals surface area contributed by atoms with E-state index in [0.717, 1.165) is 0 Å². The molecule has 0 aromatic heterocycles. The van der Waals surface area contributed by atoms with Gasteiger partial charge >= 0.3 is 0 Å². The minimum atomic E-state index is 0.0251. The van der Waals surface area contributed by atoms with Crippen molar-refractivity contribution < 1.29 is 14.3 Å². The van der Waals surface area contributed by atoms with Gasteiger partial charge in [-0.1, -0.05) is 23.7 Å². The third kappa shape index (κ3) is 3.54. The molecule has 2 rings (SSSR count). The quantitative estimate of drug-likeness (QED) is 0.774. The fraction of sp³-hybridized carbons (Fsp3) is 0.500. The molecule has 19 heavy (non-hydrogen) atoms. The lowest BCUT2D eigenvalue weighted by molar-refractivity contribution is -0.00461. The lowest BCUT2D eigenvalue weighted by Crippen LogP contribution is -2.29. The SMILES string of the molecule is COC1CN(CC(=O)c2cccc(Cl)c2)CC1OC. The fourth-order valence-electron chi connectivity index (χ4n) is 2.36. The molecule has 2 unspecified atom stereocenters. The van der Waals surface area contributed by atoms with Gasteiger partial charge in [0.1, 0.15) is 0 Å². The van der Waals surface area contributed by atoms with Gasteiger partial charge < -0.3 is 9.47 Å². The van der Waals surface area contributed by atoms with Gasteiger partial charge in [0.15, 0.2) is 5.78 Å². The number of rotatable bonds is 5. The van der Waals surface area contributed by atoms with Crippen molar-refractivity contribution in [1.29, 1.82) is 0 Å². The van der Waals surface area contributed by atoms with Crippen molar-refractivity contribution in [2.24, 2.45) is 0 Å². The predicted octanol–water partition coefficient (Wildman–Crippen LogP) is 1.87. The Morgan fingerprint density at radius 3 is 2.47 bits per heavy atom. The Balaban J connectivity index is 1.97. The first kappa shape index (κ1) is 14.5. The summed E-state index contributed by atoms with van der Waals surface area (Å²) in [5, 5.41) is 0.580. The van der Waals surface area contributed by atoms with Gasteiger partial charge in [0, 0.05) is 37.9 Å². The van der Waals surface area contributed by atoms with Gasteiger partial charge in [-0.15, -0.1) is 0 Å². The zero-order valence-electron chi connectivity index (χ0n) is 11.1. The summed E-state index contributed by atoms with van der Waals surface area (Å²) >= 11 is 5.89. The zero-order chi connectivity index (χ0) is 13.8. The average Bonchev–Trinajstić information content (AvgIpc) is 2.80. The van der Waals surface area contributed by atoms with Crippen LogP contribution in [-0.4, -0.2) is 56.7 Å². The highest BCUT2D eigenvalue weighted by Crippen LogP contribution is 2.17. The number of carbonyl (C=O) groups excluding carboxylic acids is 1. The number of likely N-dealkylation sites (tertiary alicyclic amines) is 1. The van der Waals surface area contributed by atoms with E-state index in [0.29, 0.717) is 30.2 Å². The Bertz CT molecular complexity index is 440. The molecule has 2 atom stereocenters. The van der Waals surface area contributed by atoms with E-state index in [1.165, 1.54) is 0 Å². The van der Waals surface area contributed by atoms with E-state index in [2.05, 4.69) is 0 Å². The molecule has 1 aromatic rings. The van der Waals surface area contributed by atoms with E-state index in [4.69, 9.17) is 21.1 Å². The van der Waals surface area contributed by atoms with Gasteiger partial charge in [0.25, 0.3) is 0 Å². The van der Waals surface area contributed by atoms with Crippen LogP contribution < -0.4 is 0 Å². The van der Waals surface area contributed by atoms with Crippen molar-refractivity contribution in [2.75, 3.05) is 33.9 Å². The van der Waals surface area contributed by atoms with Crippen LogP contribution in [0.4, 0.5) is 0 Å². The number of nitrogens with zero attached hydrogens (tertiary/aromatic N) is 1. The number of Topliss-reactive ketones (excluding diaryl/α,β-unsaturated/α-hetero) is 1. The van der Waals surface area contributed by atoms with E-state index < -0.39 is 0 Å². The van der Waals surface area contributed by atoms with Crippen molar-refractivity contribution in [1.82, 2.24) is 4.90 Å². The molecule has 1 saturated heterocycles. The molecule has 0 radical (unpaired) electrons. The number of hydrogen-bond acceptors (Lipinski definition) is 4. The summed E-state index contributed by atoms with van der Waals surface area (Å²) in [4.78, 5) is 14.2.